The Hall–Kier alpha value is -2.74. The summed E-state index contributed by atoms with van der Waals surface area (Å²) < 4.78 is 6.30. The zero-order valence-corrected chi connectivity index (χ0v) is 12.3. The molecule has 0 unspecified atom stereocenters. The number of nitrogens with zero attached hydrogens (tertiary/aromatic N) is 3. The molecular formula is C14H11N3O4S. The van der Waals surface area contributed by atoms with Crippen molar-refractivity contribution < 1.29 is 14.6 Å². The molecule has 0 bridgehead atoms. The Morgan fingerprint density at radius 1 is 1.41 bits per heavy atom. The second-order valence-corrected chi connectivity index (χ2v) is 5.59. The van der Waals surface area contributed by atoms with Crippen LogP contribution in [0.2, 0.25) is 0 Å². The number of fused-ring (bicyclic) bond motifs is 1. The van der Waals surface area contributed by atoms with E-state index in [0.29, 0.717) is 15.7 Å². The molecule has 0 aliphatic rings. The smallest absolute Gasteiger partial charge is 0.338 e. The molecule has 0 aliphatic carbocycles. The SMILES string of the molecule is Cc1cc(=O)n2nc(COC(=O)c3cccc(O)c3)sc2n1. The predicted octanol–water partition coefficient (Wildman–Crippen LogP) is 1.52. The summed E-state index contributed by atoms with van der Waals surface area (Å²) in [5.41, 5.74) is 0.577. The number of aryl methyl sites for hydroxylation is 1. The maximum absolute atomic E-state index is 11.9. The Balaban J connectivity index is 1.78. The number of hydrogen-bond acceptors (Lipinski definition) is 7. The Labute approximate surface area is 128 Å². The fraction of sp³-hybridized carbons (Fsp3) is 0.143. The molecule has 1 N–H and O–H groups in total. The molecule has 8 heteroatoms. The van der Waals surface area contributed by atoms with E-state index < -0.39 is 5.97 Å². The molecule has 0 saturated heterocycles. The van der Waals surface area contributed by atoms with Gasteiger partial charge >= 0.3 is 5.97 Å². The van der Waals surface area contributed by atoms with Gasteiger partial charge in [-0.2, -0.15) is 9.61 Å². The van der Waals surface area contributed by atoms with Gasteiger partial charge in [0.25, 0.3) is 5.56 Å². The van der Waals surface area contributed by atoms with Crippen LogP contribution in [0.15, 0.2) is 35.1 Å². The van der Waals surface area contributed by atoms with Crippen LogP contribution in [-0.2, 0) is 11.3 Å². The molecule has 112 valence electrons. The molecule has 1 aromatic carbocycles. The summed E-state index contributed by atoms with van der Waals surface area (Å²) in [5, 5.41) is 13.9. The lowest BCUT2D eigenvalue weighted by Crippen LogP contribution is -2.14. The van der Waals surface area contributed by atoms with Gasteiger partial charge in [-0.3, -0.25) is 4.79 Å². The van der Waals surface area contributed by atoms with Crippen molar-refractivity contribution in [1.82, 2.24) is 14.6 Å². The van der Waals surface area contributed by atoms with Gasteiger partial charge in [-0.05, 0) is 25.1 Å². The Morgan fingerprint density at radius 3 is 3.00 bits per heavy atom. The third-order valence-electron chi connectivity index (χ3n) is 2.82. The Kier molecular flexibility index (Phi) is 3.60. The topological polar surface area (TPSA) is 93.8 Å². The van der Waals surface area contributed by atoms with E-state index >= 15 is 0 Å². The largest absolute Gasteiger partial charge is 0.508 e. The van der Waals surface area contributed by atoms with Crippen LogP contribution in [0, 0.1) is 6.92 Å². The summed E-state index contributed by atoms with van der Waals surface area (Å²) in [5.74, 6) is -0.590. The monoisotopic (exact) mass is 317 g/mol. The van der Waals surface area contributed by atoms with E-state index in [1.807, 2.05) is 0 Å². The van der Waals surface area contributed by atoms with E-state index in [2.05, 4.69) is 10.1 Å². The van der Waals surface area contributed by atoms with E-state index in [0.717, 1.165) is 0 Å². The van der Waals surface area contributed by atoms with Crippen LogP contribution in [0.25, 0.3) is 4.96 Å². The van der Waals surface area contributed by atoms with Gasteiger partial charge in [-0.25, -0.2) is 9.78 Å². The van der Waals surface area contributed by atoms with Crippen LogP contribution in [0.5, 0.6) is 5.75 Å². The van der Waals surface area contributed by atoms with Crippen LogP contribution in [0.3, 0.4) is 0 Å². The highest BCUT2D eigenvalue weighted by Crippen LogP contribution is 2.15. The molecule has 0 radical (unpaired) electrons. The number of aromatic nitrogens is 3. The average molecular weight is 317 g/mol. The molecule has 0 aliphatic heterocycles. The molecule has 22 heavy (non-hydrogen) atoms. The standard InChI is InChI=1S/C14H11N3O4S/c1-8-5-12(19)17-14(15-8)22-11(16-17)7-21-13(20)9-3-2-4-10(18)6-9/h2-6,18H,7H2,1H3. The van der Waals surface area contributed by atoms with Gasteiger partial charge in [0.1, 0.15) is 12.4 Å². The first-order chi connectivity index (χ1) is 10.5. The highest BCUT2D eigenvalue weighted by Gasteiger charge is 2.12. The average Bonchev–Trinajstić information content (AvgIpc) is 2.88. The van der Waals surface area contributed by atoms with Crippen molar-refractivity contribution >= 4 is 22.3 Å². The molecule has 0 atom stereocenters. The van der Waals surface area contributed by atoms with Gasteiger partial charge < -0.3 is 9.84 Å². The van der Waals surface area contributed by atoms with Crippen molar-refractivity contribution in [2.24, 2.45) is 0 Å². The van der Waals surface area contributed by atoms with Crippen molar-refractivity contribution in [2.75, 3.05) is 0 Å². The van der Waals surface area contributed by atoms with Gasteiger partial charge in [-0.1, -0.05) is 17.4 Å². The van der Waals surface area contributed by atoms with Gasteiger partial charge in [-0.15, -0.1) is 0 Å². The summed E-state index contributed by atoms with van der Waals surface area (Å²) in [6.45, 7) is 1.66. The summed E-state index contributed by atoms with van der Waals surface area (Å²) >= 11 is 1.18. The number of aromatic hydroxyl groups is 1. The lowest BCUT2D eigenvalue weighted by Gasteiger charge is -2.02. The first kappa shape index (κ1) is 14.2. The van der Waals surface area contributed by atoms with E-state index in [4.69, 9.17) is 4.74 Å². The quantitative estimate of drug-likeness (QED) is 0.736. The number of carbonyl (C=O) groups is 1. The third-order valence-corrected chi connectivity index (χ3v) is 3.71. The molecule has 3 aromatic rings. The highest BCUT2D eigenvalue weighted by atomic mass is 32.1. The van der Waals surface area contributed by atoms with Gasteiger partial charge in [0.15, 0.2) is 5.01 Å². The number of hydrogen-bond donors (Lipinski definition) is 1. The van der Waals surface area contributed by atoms with Crippen molar-refractivity contribution in [1.29, 1.82) is 0 Å². The summed E-state index contributed by atoms with van der Waals surface area (Å²) in [6.07, 6.45) is 0. The van der Waals surface area contributed by atoms with E-state index in [-0.39, 0.29) is 23.5 Å². The number of phenols is 1. The fourth-order valence-electron chi connectivity index (χ4n) is 1.86. The molecule has 7 nitrogen and oxygen atoms in total. The zero-order valence-electron chi connectivity index (χ0n) is 11.5. The third kappa shape index (κ3) is 2.82. The molecule has 0 spiro atoms. The van der Waals surface area contributed by atoms with Crippen LogP contribution >= 0.6 is 11.3 Å². The van der Waals surface area contributed by atoms with Gasteiger partial charge in [0.05, 0.1) is 5.56 Å². The lowest BCUT2D eigenvalue weighted by molar-refractivity contribution is 0.0471. The number of carbonyl (C=O) groups excluding carboxylic acids is 1. The first-order valence-corrected chi connectivity index (χ1v) is 7.17. The molecule has 3 rings (SSSR count). The van der Waals surface area contributed by atoms with Crippen LogP contribution < -0.4 is 5.56 Å². The number of esters is 1. The number of ether oxygens (including phenoxy) is 1. The summed E-state index contributed by atoms with van der Waals surface area (Å²) in [6, 6.07) is 7.25. The maximum atomic E-state index is 11.9. The zero-order chi connectivity index (χ0) is 15.7. The number of rotatable bonds is 3. The van der Waals surface area contributed by atoms with Crippen molar-refractivity contribution in [2.45, 2.75) is 13.5 Å². The second kappa shape index (κ2) is 5.57. The summed E-state index contributed by atoms with van der Waals surface area (Å²) in [7, 11) is 0. The minimum absolute atomic E-state index is 0.0133. The molecule has 0 fully saturated rings. The van der Waals surface area contributed by atoms with Crippen LogP contribution in [-0.4, -0.2) is 25.7 Å². The normalized spacial score (nSPS) is 10.8. The molecular weight excluding hydrogens is 306 g/mol. The van der Waals surface area contributed by atoms with Crippen molar-refractivity contribution in [3.05, 3.63) is 57.0 Å². The van der Waals surface area contributed by atoms with E-state index in [9.17, 15) is 14.7 Å². The second-order valence-electron chi connectivity index (χ2n) is 4.55. The molecule has 2 heterocycles. The minimum Gasteiger partial charge on any atom is -0.508 e. The van der Waals surface area contributed by atoms with Crippen LogP contribution in [0.4, 0.5) is 0 Å². The van der Waals surface area contributed by atoms with Gasteiger partial charge in [0.2, 0.25) is 4.96 Å². The molecule has 2 aromatic heterocycles. The predicted molar refractivity (Wildman–Crippen MR) is 79.1 cm³/mol. The molecule has 0 amide bonds. The van der Waals surface area contributed by atoms with Crippen molar-refractivity contribution in [3.63, 3.8) is 0 Å². The summed E-state index contributed by atoms with van der Waals surface area (Å²) in [4.78, 5) is 28.3. The first-order valence-electron chi connectivity index (χ1n) is 6.35. The van der Waals surface area contributed by atoms with Crippen LogP contribution in [0.1, 0.15) is 21.1 Å². The minimum atomic E-state index is -0.577. The number of benzene rings is 1. The van der Waals surface area contributed by atoms with Gasteiger partial charge in [0, 0.05) is 11.8 Å². The number of phenolic OH excluding ortho intramolecular Hbond substituents is 1. The molecule has 0 saturated carbocycles. The van der Waals surface area contributed by atoms with E-state index in [1.54, 1.807) is 13.0 Å². The maximum Gasteiger partial charge on any atom is 0.338 e. The van der Waals surface area contributed by atoms with Crippen molar-refractivity contribution in [3.8, 4) is 5.75 Å². The lowest BCUT2D eigenvalue weighted by atomic mass is 10.2. The fourth-order valence-corrected chi connectivity index (χ4v) is 2.72. The Bertz CT molecular complexity index is 916. The van der Waals surface area contributed by atoms with E-state index in [1.165, 1.54) is 40.1 Å². The highest BCUT2D eigenvalue weighted by molar-refractivity contribution is 7.16. The Morgan fingerprint density at radius 2 is 2.23 bits per heavy atom.